The Morgan fingerprint density at radius 3 is 1.44 bits per heavy atom. The SMILES string of the molecule is C=C(C)C(=O)Nc1ccc(S(=O)(=O)CC(=O)O)cc1.Cc1cc(NCC(=O)O)cc(C)n1.Cc1ccc(SCC(=O)O)cc1.Cc1cncc(C)c1OCC(=O)O.O=C(O)C1CCCCN1c1ccccc1.O=C(O)C1CCc2ccccc2N1.O=C(O)CNc1ccccn1.O=C(O)CNc1ccncc1.O=C(O)COc1ccccc1.O=C(O)COc1ccccn1.O=C(O)CS(=O)(=O)c1ccccc1. The molecule has 44 heteroatoms. The Morgan fingerprint density at radius 1 is 0.458 bits per heavy atom. The van der Waals surface area contributed by atoms with Crippen LogP contribution in [-0.4, -0.2) is 245 Å². The number of sulfone groups is 2. The topological polar surface area (TPSA) is 651 Å². The zero-order chi connectivity index (χ0) is 106. The molecule has 0 saturated carbocycles. The number of carboxylic acid groups (broad SMARTS) is 11. The molecule has 1 fully saturated rings. The number of carbonyl (C=O) groups excluding carboxylic acids is 1. The van der Waals surface area contributed by atoms with E-state index >= 15 is 0 Å². The number of ether oxygens (including phenoxy) is 3. The van der Waals surface area contributed by atoms with Crippen LogP contribution in [0.25, 0.3) is 0 Å². The van der Waals surface area contributed by atoms with Gasteiger partial charge in [0.15, 0.2) is 51.0 Å². The summed E-state index contributed by atoms with van der Waals surface area (Å²) in [6.07, 6.45) is 14.0. The second kappa shape index (κ2) is 65.8. The molecule has 142 heavy (non-hydrogen) atoms. The number of hydrogen-bond acceptors (Lipinski definition) is 30. The Labute approximate surface area is 822 Å². The van der Waals surface area contributed by atoms with Crippen molar-refractivity contribution in [1.29, 1.82) is 0 Å². The maximum atomic E-state index is 11.6. The first kappa shape index (κ1) is 119. The van der Waals surface area contributed by atoms with Gasteiger partial charge in [-0.15, -0.1) is 11.8 Å². The smallest absolute Gasteiger partial charge is 0.341 e. The van der Waals surface area contributed by atoms with E-state index in [9.17, 15) is 74.4 Å². The number of thioether (sulfide) groups is 1. The maximum Gasteiger partial charge on any atom is 0.341 e. The van der Waals surface area contributed by atoms with E-state index in [0.717, 1.165) is 82.4 Å². The maximum absolute atomic E-state index is 11.6. The first-order chi connectivity index (χ1) is 67.3. The number of carboxylic acids is 11. The summed E-state index contributed by atoms with van der Waals surface area (Å²) < 4.78 is 60.4. The van der Waals surface area contributed by atoms with Crippen LogP contribution in [0.3, 0.4) is 0 Å². The number of hydrogen-bond donors (Lipinski definition) is 16. The summed E-state index contributed by atoms with van der Waals surface area (Å²) in [5, 5.41) is 107. The summed E-state index contributed by atoms with van der Waals surface area (Å²) in [6.45, 7) is 14.1. The predicted molar refractivity (Wildman–Crippen MR) is 528 cm³/mol. The van der Waals surface area contributed by atoms with E-state index in [1.165, 1.54) is 65.5 Å². The average molecular weight is 2020 g/mol. The minimum atomic E-state index is -3.85. The minimum Gasteiger partial charge on any atom is -0.482 e. The summed E-state index contributed by atoms with van der Waals surface area (Å²) in [7, 11) is -7.51. The van der Waals surface area contributed by atoms with Gasteiger partial charge in [0.25, 0.3) is 5.91 Å². The Kier molecular flexibility index (Phi) is 55.2. The minimum absolute atomic E-state index is 0.0393. The van der Waals surface area contributed by atoms with E-state index in [2.05, 4.69) is 58.1 Å². The van der Waals surface area contributed by atoms with E-state index in [-0.39, 0.29) is 66.9 Å². The van der Waals surface area contributed by atoms with Crippen LogP contribution >= 0.6 is 11.8 Å². The number of nitrogens with one attached hydrogen (secondary N) is 5. The lowest BCUT2D eigenvalue weighted by Crippen LogP contribution is -2.44. The van der Waals surface area contributed by atoms with Crippen molar-refractivity contribution >= 4 is 137 Å². The van der Waals surface area contributed by atoms with E-state index in [1.54, 1.807) is 129 Å². The van der Waals surface area contributed by atoms with E-state index in [1.807, 2.05) is 137 Å². The molecule has 2 aliphatic heterocycles. The number of aryl methyl sites for hydroxylation is 6. The lowest BCUT2D eigenvalue weighted by molar-refractivity contribution is -0.140. The molecule has 0 bridgehead atoms. The third-order valence-electron chi connectivity index (χ3n) is 17.6. The molecule has 6 aromatic carbocycles. The summed E-state index contributed by atoms with van der Waals surface area (Å²) in [5.41, 5.74) is 10.1. The molecule has 2 aliphatic rings. The molecular weight excluding hydrogens is 1910 g/mol. The number of piperidine rings is 1. The first-order valence-corrected chi connectivity index (χ1v) is 46.7. The highest BCUT2D eigenvalue weighted by molar-refractivity contribution is 8.00. The number of carbonyl (C=O) groups is 12. The van der Waals surface area contributed by atoms with Gasteiger partial charge in [-0.3, -0.25) is 48.5 Å². The molecule has 13 rings (SSSR count). The van der Waals surface area contributed by atoms with Gasteiger partial charge < -0.3 is 102 Å². The fourth-order valence-electron chi connectivity index (χ4n) is 11.3. The van der Waals surface area contributed by atoms with Crippen molar-refractivity contribution in [2.24, 2.45) is 0 Å². The number of para-hydroxylation sites is 3. The quantitative estimate of drug-likeness (QED) is 0.0137. The number of rotatable bonds is 32. The second-order valence-corrected chi connectivity index (χ2v) is 34.5. The molecule has 16 N–H and O–H groups in total. The van der Waals surface area contributed by atoms with Gasteiger partial charge in [0, 0.05) is 111 Å². The van der Waals surface area contributed by atoms with Crippen molar-refractivity contribution < 1.29 is 145 Å². The normalized spacial score (nSPS) is 12.0. The molecule has 2 unspecified atom stereocenters. The van der Waals surface area contributed by atoms with Crippen molar-refractivity contribution in [2.45, 2.75) is 100 Å². The van der Waals surface area contributed by atoms with Gasteiger partial charge in [0.05, 0.1) is 15.5 Å². The monoisotopic (exact) mass is 2020 g/mol. The van der Waals surface area contributed by atoms with Gasteiger partial charge in [-0.25, -0.2) is 50.8 Å². The number of pyridine rings is 5. The standard InChI is InChI=1S/C12H13NO5S.C12H15NO2.C10H11NO2.C9H12N2O2.C9H11NO3.C9H10O2S.C8H8O4S.C8H8O3.2C7H8N2O2.C7H7NO3/c1-8(2)12(16)13-9-3-5-10(6-4-9)19(17,18)7-11(14)15;14-12(15)11-8-4-5-9-13(11)10-6-2-1-3-7-10;12-10(13)9-6-5-7-3-1-2-4-8(7)11-9;1-6-3-8(4-7(2)11-6)10-5-9(12)13;1-6-3-10-4-7(2)9(6)13-5-8(11)12;1-7-2-4-8(5-3-7)12-6-9(10)11;9-8(10)6-13(11,12)7-4-2-1-3-5-7;9-8(10)6-11-7-4-2-1-3-5-7;10-7(11)5-9-6-1-3-8-4-2-6;10-7(11)5-9-6-3-1-2-4-8-6;9-7(10)5-11-6-3-1-2-4-8-6/h3-6H,1,7H2,2H3,(H,13,16)(H,14,15);1-3,6-7,11H,4-5,8-9H2,(H,14,15);1-4,9,11H,5-6H2,(H,12,13);3-4H,5H2,1-2H3,(H,10,11)(H,12,13);3-4H,5H2,1-2H3,(H,11,12);2-5H,6H2,1H3,(H,10,11);1-5H,6H2,(H,9,10);1-5H,6H2,(H,9,10);2*1-4H,5H2,(H,8,9)(H,10,11);1-4H,5H2,(H,9,10). The van der Waals surface area contributed by atoms with E-state index in [4.69, 9.17) is 70.4 Å². The van der Waals surface area contributed by atoms with Gasteiger partial charge in [-0.2, -0.15) is 0 Å². The third kappa shape index (κ3) is 53.6. The van der Waals surface area contributed by atoms with Crippen LogP contribution in [-0.2, 0) is 83.6 Å². The molecule has 0 spiro atoms. The molecule has 0 radical (unpaired) electrons. The molecule has 7 heterocycles. The highest BCUT2D eigenvalue weighted by atomic mass is 32.2. The summed E-state index contributed by atoms with van der Waals surface area (Å²) >= 11 is 1.34. The molecule has 41 nitrogen and oxygen atoms in total. The molecule has 1 saturated heterocycles. The number of aromatic nitrogens is 5. The number of anilines is 6. The Bertz CT molecular complexity index is 5810. The molecule has 756 valence electrons. The van der Waals surface area contributed by atoms with E-state index in [0.29, 0.717) is 40.9 Å². The largest absolute Gasteiger partial charge is 0.482 e. The predicted octanol–water partition coefficient (Wildman–Crippen LogP) is 12.6. The van der Waals surface area contributed by atoms with Crippen LogP contribution in [0.2, 0.25) is 0 Å². The van der Waals surface area contributed by atoms with Crippen LogP contribution in [0.1, 0.15) is 66.2 Å². The summed E-state index contributed by atoms with van der Waals surface area (Å²) in [6, 6.07) is 63.7. The first-order valence-electron chi connectivity index (χ1n) is 42.4. The molecule has 0 aliphatic carbocycles. The van der Waals surface area contributed by atoms with Crippen LogP contribution in [0, 0.1) is 34.6 Å². The average Bonchev–Trinajstić information content (AvgIpc) is 0.879. The second-order valence-electron chi connectivity index (χ2n) is 29.4. The van der Waals surface area contributed by atoms with Gasteiger partial charge in [0.2, 0.25) is 5.88 Å². The van der Waals surface area contributed by atoms with Crippen molar-refractivity contribution in [3.05, 3.63) is 307 Å². The number of aliphatic carboxylic acids is 11. The Morgan fingerprint density at radius 2 is 0.944 bits per heavy atom. The molecule has 1 amide bonds. The van der Waals surface area contributed by atoms with Gasteiger partial charge in [-0.1, -0.05) is 109 Å². The molecule has 5 aromatic heterocycles. The van der Waals surface area contributed by atoms with Crippen molar-refractivity contribution in [3.8, 4) is 17.4 Å². The Hall–Kier alpha value is -16.9. The van der Waals surface area contributed by atoms with Crippen LogP contribution < -0.4 is 45.7 Å². The fourth-order valence-corrected chi connectivity index (χ4v) is 14.0. The lowest BCUT2D eigenvalue weighted by atomic mass is 9.98. The van der Waals surface area contributed by atoms with E-state index < -0.39 is 103 Å². The van der Waals surface area contributed by atoms with Crippen molar-refractivity contribution in [3.63, 3.8) is 0 Å². The zero-order valence-electron chi connectivity index (χ0n) is 77.9. The molecular formula is C98H111N11O30S3. The van der Waals surface area contributed by atoms with Gasteiger partial charge in [-0.05, 0) is 201 Å². The Balaban J connectivity index is 0.000000403. The number of amides is 1. The van der Waals surface area contributed by atoms with Gasteiger partial charge in [0.1, 0.15) is 49.0 Å². The lowest BCUT2D eigenvalue weighted by Gasteiger charge is -2.34. The summed E-state index contributed by atoms with van der Waals surface area (Å²) in [5.74, 6) is -10.6. The van der Waals surface area contributed by atoms with Crippen LogP contribution in [0.4, 0.5) is 34.3 Å². The molecule has 11 aromatic rings. The fraction of sp³-hybridized carbons (Fsp3) is 0.235. The van der Waals surface area contributed by atoms with Gasteiger partial charge >= 0.3 is 65.7 Å². The number of benzene rings is 6. The zero-order valence-corrected chi connectivity index (χ0v) is 80.3. The number of fused-ring (bicyclic) bond motifs is 1. The highest BCUT2D eigenvalue weighted by Crippen LogP contribution is 2.27. The van der Waals surface area contributed by atoms with Crippen LogP contribution in [0.15, 0.2) is 288 Å². The summed E-state index contributed by atoms with van der Waals surface area (Å²) in [4.78, 5) is 147. The van der Waals surface area contributed by atoms with Crippen LogP contribution in [0.5, 0.6) is 17.4 Å². The molecule has 2 atom stereocenters. The highest BCUT2D eigenvalue weighted by Gasteiger charge is 2.29. The third-order valence-corrected chi connectivity index (χ3v) is 21.8. The van der Waals surface area contributed by atoms with Crippen molar-refractivity contribution in [2.75, 3.05) is 94.7 Å². The number of nitrogens with zero attached hydrogens (tertiary/aromatic N) is 6. The van der Waals surface area contributed by atoms with Crippen molar-refractivity contribution in [1.82, 2.24) is 24.9 Å².